The second-order valence-corrected chi connectivity index (χ2v) is 4.81. The van der Waals surface area contributed by atoms with Gasteiger partial charge in [-0.05, 0) is 25.8 Å². The largest absolute Gasteiger partial charge is 0.481 e. The molecule has 1 heterocycles. The first-order valence-electron chi connectivity index (χ1n) is 6.73. The van der Waals surface area contributed by atoms with Crippen LogP contribution in [0, 0.1) is 11.3 Å². The molecule has 1 amide bonds. The SMILES string of the molecule is N#CCCNC(=O)CN1CCCCC1CCC(=O)O. The Hall–Kier alpha value is -1.61. The monoisotopic (exact) mass is 267 g/mol. The summed E-state index contributed by atoms with van der Waals surface area (Å²) in [5.41, 5.74) is 0. The van der Waals surface area contributed by atoms with Crippen LogP contribution in [-0.2, 0) is 9.59 Å². The lowest BCUT2D eigenvalue weighted by Gasteiger charge is -2.35. The minimum Gasteiger partial charge on any atom is -0.481 e. The molecule has 0 aromatic heterocycles. The maximum atomic E-state index is 11.7. The van der Waals surface area contributed by atoms with Gasteiger partial charge in [-0.2, -0.15) is 5.26 Å². The number of nitrogens with zero attached hydrogens (tertiary/aromatic N) is 2. The van der Waals surface area contributed by atoms with E-state index in [2.05, 4.69) is 10.2 Å². The summed E-state index contributed by atoms with van der Waals surface area (Å²) >= 11 is 0. The number of nitriles is 1. The predicted octanol–water partition coefficient (Wildman–Crippen LogP) is 0.736. The Labute approximate surface area is 113 Å². The minimum absolute atomic E-state index is 0.0857. The smallest absolute Gasteiger partial charge is 0.303 e. The second-order valence-electron chi connectivity index (χ2n) is 4.81. The van der Waals surface area contributed by atoms with E-state index < -0.39 is 5.97 Å². The first kappa shape index (κ1) is 15.4. The van der Waals surface area contributed by atoms with Crippen LogP contribution in [0.2, 0.25) is 0 Å². The average molecular weight is 267 g/mol. The predicted molar refractivity (Wildman–Crippen MR) is 69.3 cm³/mol. The van der Waals surface area contributed by atoms with Crippen LogP contribution >= 0.6 is 0 Å². The Morgan fingerprint density at radius 2 is 2.21 bits per heavy atom. The Bertz CT molecular complexity index is 352. The van der Waals surface area contributed by atoms with E-state index in [4.69, 9.17) is 10.4 Å². The van der Waals surface area contributed by atoms with Gasteiger partial charge in [-0.15, -0.1) is 0 Å². The normalized spacial score (nSPS) is 19.6. The molecule has 1 atom stereocenters. The van der Waals surface area contributed by atoms with Crippen LogP contribution in [0.3, 0.4) is 0 Å². The third-order valence-corrected chi connectivity index (χ3v) is 3.35. The van der Waals surface area contributed by atoms with Crippen LogP contribution in [0.15, 0.2) is 0 Å². The van der Waals surface area contributed by atoms with Crippen molar-refractivity contribution in [2.75, 3.05) is 19.6 Å². The van der Waals surface area contributed by atoms with Gasteiger partial charge >= 0.3 is 5.97 Å². The molecule has 1 aliphatic heterocycles. The number of carbonyl (C=O) groups is 2. The van der Waals surface area contributed by atoms with Crippen molar-refractivity contribution in [3.8, 4) is 6.07 Å². The van der Waals surface area contributed by atoms with Crippen molar-refractivity contribution in [2.24, 2.45) is 0 Å². The first-order chi connectivity index (χ1) is 9.13. The van der Waals surface area contributed by atoms with Crippen molar-refractivity contribution >= 4 is 11.9 Å². The van der Waals surface area contributed by atoms with E-state index in [0.29, 0.717) is 25.9 Å². The number of amides is 1. The van der Waals surface area contributed by atoms with Gasteiger partial charge in [0.1, 0.15) is 0 Å². The molecule has 0 radical (unpaired) electrons. The van der Waals surface area contributed by atoms with Crippen LogP contribution < -0.4 is 5.32 Å². The fourth-order valence-corrected chi connectivity index (χ4v) is 2.38. The Morgan fingerprint density at radius 3 is 2.89 bits per heavy atom. The van der Waals surface area contributed by atoms with Crippen molar-refractivity contribution in [2.45, 2.75) is 44.6 Å². The zero-order valence-electron chi connectivity index (χ0n) is 11.1. The third-order valence-electron chi connectivity index (χ3n) is 3.35. The molecule has 0 aromatic carbocycles. The quantitative estimate of drug-likeness (QED) is 0.663. The molecule has 0 spiro atoms. The maximum Gasteiger partial charge on any atom is 0.303 e. The zero-order valence-corrected chi connectivity index (χ0v) is 11.1. The van der Waals surface area contributed by atoms with Crippen LogP contribution in [-0.4, -0.2) is 47.6 Å². The summed E-state index contributed by atoms with van der Waals surface area (Å²) in [4.78, 5) is 24.4. The lowest BCUT2D eigenvalue weighted by Crippen LogP contribution is -2.45. The van der Waals surface area contributed by atoms with Crippen molar-refractivity contribution < 1.29 is 14.7 Å². The molecule has 1 aliphatic rings. The van der Waals surface area contributed by atoms with Gasteiger partial charge in [-0.1, -0.05) is 6.42 Å². The number of likely N-dealkylation sites (tertiary alicyclic amines) is 1. The van der Waals surface area contributed by atoms with Crippen molar-refractivity contribution in [3.05, 3.63) is 0 Å². The molecule has 0 saturated carbocycles. The second kappa shape index (κ2) is 8.48. The minimum atomic E-state index is -0.788. The van der Waals surface area contributed by atoms with Gasteiger partial charge in [0.25, 0.3) is 0 Å². The van der Waals surface area contributed by atoms with Crippen molar-refractivity contribution in [3.63, 3.8) is 0 Å². The fourth-order valence-electron chi connectivity index (χ4n) is 2.38. The molecule has 1 saturated heterocycles. The average Bonchev–Trinajstić information content (AvgIpc) is 2.38. The van der Waals surface area contributed by atoms with Gasteiger partial charge < -0.3 is 10.4 Å². The van der Waals surface area contributed by atoms with Crippen LogP contribution in [0.5, 0.6) is 0 Å². The lowest BCUT2D eigenvalue weighted by atomic mass is 9.98. The topological polar surface area (TPSA) is 93.4 Å². The summed E-state index contributed by atoms with van der Waals surface area (Å²) in [6, 6.07) is 2.16. The van der Waals surface area contributed by atoms with Gasteiger partial charge in [-0.3, -0.25) is 14.5 Å². The van der Waals surface area contributed by atoms with Gasteiger partial charge in [0, 0.05) is 19.0 Å². The Balaban J connectivity index is 2.37. The number of aliphatic carboxylic acids is 1. The number of rotatable bonds is 7. The van der Waals surface area contributed by atoms with E-state index in [1.807, 2.05) is 6.07 Å². The highest BCUT2D eigenvalue weighted by Gasteiger charge is 2.24. The van der Waals surface area contributed by atoms with Crippen LogP contribution in [0.1, 0.15) is 38.5 Å². The van der Waals surface area contributed by atoms with Crippen molar-refractivity contribution in [1.82, 2.24) is 10.2 Å². The van der Waals surface area contributed by atoms with Crippen LogP contribution in [0.25, 0.3) is 0 Å². The van der Waals surface area contributed by atoms with Gasteiger partial charge in [0.15, 0.2) is 0 Å². The lowest BCUT2D eigenvalue weighted by molar-refractivity contribution is -0.137. The highest BCUT2D eigenvalue weighted by atomic mass is 16.4. The molecule has 0 bridgehead atoms. The Kier molecular flexibility index (Phi) is 6.90. The highest BCUT2D eigenvalue weighted by Crippen LogP contribution is 2.20. The van der Waals surface area contributed by atoms with E-state index in [1.54, 1.807) is 0 Å². The van der Waals surface area contributed by atoms with E-state index in [1.165, 1.54) is 0 Å². The molecule has 0 aromatic rings. The standard InChI is InChI=1S/C13H21N3O3/c14-7-3-8-15-12(17)10-16-9-2-1-4-11(16)5-6-13(18)19/h11H,1-6,8-10H2,(H,15,17)(H,18,19). The molecule has 106 valence electrons. The molecular formula is C13H21N3O3. The number of nitrogens with one attached hydrogen (secondary N) is 1. The van der Waals surface area contributed by atoms with E-state index >= 15 is 0 Å². The van der Waals surface area contributed by atoms with E-state index in [0.717, 1.165) is 25.8 Å². The summed E-state index contributed by atoms with van der Waals surface area (Å²) in [5, 5.41) is 19.8. The summed E-state index contributed by atoms with van der Waals surface area (Å²) < 4.78 is 0. The highest BCUT2D eigenvalue weighted by molar-refractivity contribution is 5.78. The van der Waals surface area contributed by atoms with Gasteiger partial charge in [0.05, 0.1) is 19.0 Å². The number of carboxylic acids is 1. The van der Waals surface area contributed by atoms with Gasteiger partial charge in [-0.25, -0.2) is 0 Å². The molecule has 19 heavy (non-hydrogen) atoms. The number of carboxylic acid groups (broad SMARTS) is 1. The molecule has 1 rings (SSSR count). The number of carbonyl (C=O) groups excluding carboxylic acids is 1. The number of piperidine rings is 1. The summed E-state index contributed by atoms with van der Waals surface area (Å²) in [5.74, 6) is -0.874. The fraction of sp³-hybridized carbons (Fsp3) is 0.769. The summed E-state index contributed by atoms with van der Waals surface area (Å²) in [7, 11) is 0. The molecular weight excluding hydrogens is 246 g/mol. The molecule has 2 N–H and O–H groups in total. The summed E-state index contributed by atoms with van der Waals surface area (Å²) in [6.45, 7) is 1.52. The van der Waals surface area contributed by atoms with Gasteiger partial charge in [0.2, 0.25) is 5.91 Å². The summed E-state index contributed by atoms with van der Waals surface area (Å²) in [6.07, 6.45) is 4.16. The molecule has 1 fully saturated rings. The molecule has 6 nitrogen and oxygen atoms in total. The maximum absolute atomic E-state index is 11.7. The zero-order chi connectivity index (χ0) is 14.1. The Morgan fingerprint density at radius 1 is 1.42 bits per heavy atom. The number of hydrogen-bond donors (Lipinski definition) is 2. The third kappa shape index (κ3) is 6.20. The molecule has 6 heteroatoms. The number of hydrogen-bond acceptors (Lipinski definition) is 4. The molecule has 0 aliphatic carbocycles. The van der Waals surface area contributed by atoms with E-state index in [9.17, 15) is 9.59 Å². The van der Waals surface area contributed by atoms with Crippen molar-refractivity contribution in [1.29, 1.82) is 5.26 Å². The molecule has 1 unspecified atom stereocenters. The first-order valence-corrected chi connectivity index (χ1v) is 6.73. The van der Waals surface area contributed by atoms with Crippen LogP contribution in [0.4, 0.5) is 0 Å². The van der Waals surface area contributed by atoms with E-state index in [-0.39, 0.29) is 18.4 Å².